The van der Waals surface area contributed by atoms with Gasteiger partial charge in [0.25, 0.3) is 5.91 Å². The zero-order chi connectivity index (χ0) is 14.9. The fourth-order valence-corrected chi connectivity index (χ4v) is 2.95. The van der Waals surface area contributed by atoms with Gasteiger partial charge in [-0.25, -0.2) is 12.8 Å². The number of sulfonamides is 1. The molecule has 2 rings (SSSR count). The number of rotatable bonds is 2. The number of hydrogen-bond donors (Lipinski definition) is 1. The molecule has 1 aromatic carbocycles. The smallest absolute Gasteiger partial charge is 0.256 e. The first-order valence-electron chi connectivity index (χ1n) is 6.08. The van der Waals surface area contributed by atoms with Crippen LogP contribution in [0.2, 0.25) is 0 Å². The molecule has 1 amide bonds. The number of amides is 1. The number of nitrogens with two attached hydrogens (primary N) is 1. The maximum Gasteiger partial charge on any atom is 0.256 e. The van der Waals surface area contributed by atoms with E-state index >= 15 is 0 Å². The van der Waals surface area contributed by atoms with Gasteiger partial charge in [0.15, 0.2) is 0 Å². The van der Waals surface area contributed by atoms with Gasteiger partial charge in [-0.3, -0.25) is 4.79 Å². The molecule has 110 valence electrons. The van der Waals surface area contributed by atoms with Gasteiger partial charge in [-0.15, -0.1) is 0 Å². The zero-order valence-electron chi connectivity index (χ0n) is 11.0. The van der Waals surface area contributed by atoms with Gasteiger partial charge in [0.2, 0.25) is 10.0 Å². The molecule has 1 aromatic rings. The van der Waals surface area contributed by atoms with Crippen molar-refractivity contribution >= 4 is 21.6 Å². The van der Waals surface area contributed by atoms with Crippen molar-refractivity contribution in [3.05, 3.63) is 29.6 Å². The number of piperazine rings is 1. The van der Waals surface area contributed by atoms with E-state index < -0.39 is 15.8 Å². The molecule has 2 N–H and O–H groups in total. The van der Waals surface area contributed by atoms with Crippen molar-refractivity contribution in [2.75, 3.05) is 38.2 Å². The molecule has 1 fully saturated rings. The summed E-state index contributed by atoms with van der Waals surface area (Å²) in [4.78, 5) is 13.8. The molecule has 1 aliphatic heterocycles. The van der Waals surface area contributed by atoms with Gasteiger partial charge in [0, 0.05) is 31.9 Å². The third-order valence-corrected chi connectivity index (χ3v) is 4.54. The van der Waals surface area contributed by atoms with Crippen LogP contribution in [0, 0.1) is 5.82 Å². The van der Waals surface area contributed by atoms with E-state index in [1.807, 2.05) is 0 Å². The normalized spacial score (nSPS) is 17.2. The van der Waals surface area contributed by atoms with Crippen LogP contribution in [0.5, 0.6) is 0 Å². The SMILES string of the molecule is CS(=O)(=O)N1CCN(C(=O)c2ccc(F)cc2N)CC1. The van der Waals surface area contributed by atoms with E-state index in [0.717, 1.165) is 12.3 Å². The lowest BCUT2D eigenvalue weighted by atomic mass is 10.1. The quantitative estimate of drug-likeness (QED) is 0.787. The van der Waals surface area contributed by atoms with Crippen LogP contribution < -0.4 is 5.73 Å². The van der Waals surface area contributed by atoms with Gasteiger partial charge >= 0.3 is 0 Å². The molecule has 8 heteroatoms. The molecule has 0 aromatic heterocycles. The predicted molar refractivity (Wildman–Crippen MR) is 73.1 cm³/mol. The second-order valence-electron chi connectivity index (χ2n) is 4.69. The first kappa shape index (κ1) is 14.7. The maximum absolute atomic E-state index is 13.0. The Morgan fingerprint density at radius 3 is 2.35 bits per heavy atom. The molecule has 1 saturated heterocycles. The molecule has 0 radical (unpaired) electrons. The molecule has 0 saturated carbocycles. The third kappa shape index (κ3) is 3.07. The number of carbonyl (C=O) groups is 1. The second kappa shape index (κ2) is 5.37. The lowest BCUT2D eigenvalue weighted by Crippen LogP contribution is -2.50. The Bertz CT molecular complexity index is 625. The van der Waals surface area contributed by atoms with Gasteiger partial charge in [0.1, 0.15) is 5.82 Å². The highest BCUT2D eigenvalue weighted by Gasteiger charge is 2.27. The van der Waals surface area contributed by atoms with Crippen molar-refractivity contribution in [3.63, 3.8) is 0 Å². The number of halogens is 1. The van der Waals surface area contributed by atoms with Crippen LogP contribution in [0.25, 0.3) is 0 Å². The second-order valence-corrected chi connectivity index (χ2v) is 6.67. The van der Waals surface area contributed by atoms with Gasteiger partial charge in [-0.05, 0) is 18.2 Å². The van der Waals surface area contributed by atoms with Crippen LogP contribution >= 0.6 is 0 Å². The summed E-state index contributed by atoms with van der Waals surface area (Å²) in [6, 6.07) is 3.62. The van der Waals surface area contributed by atoms with E-state index in [1.54, 1.807) is 0 Å². The summed E-state index contributed by atoms with van der Waals surface area (Å²) in [7, 11) is -3.23. The number of hydrogen-bond acceptors (Lipinski definition) is 4. The minimum Gasteiger partial charge on any atom is -0.398 e. The summed E-state index contributed by atoms with van der Waals surface area (Å²) in [6.45, 7) is 1.10. The highest BCUT2D eigenvalue weighted by molar-refractivity contribution is 7.88. The molecule has 0 spiro atoms. The summed E-state index contributed by atoms with van der Waals surface area (Å²) < 4.78 is 37.1. The topological polar surface area (TPSA) is 83.7 Å². The van der Waals surface area contributed by atoms with E-state index in [1.165, 1.54) is 21.3 Å². The van der Waals surface area contributed by atoms with Crippen molar-refractivity contribution in [1.29, 1.82) is 0 Å². The number of carbonyl (C=O) groups excluding carboxylic acids is 1. The van der Waals surface area contributed by atoms with E-state index in [-0.39, 0.29) is 30.2 Å². The van der Waals surface area contributed by atoms with E-state index in [9.17, 15) is 17.6 Å². The largest absolute Gasteiger partial charge is 0.398 e. The molecule has 0 bridgehead atoms. The molecule has 1 heterocycles. The molecular formula is C12H16FN3O3S. The molecular weight excluding hydrogens is 285 g/mol. The molecule has 20 heavy (non-hydrogen) atoms. The van der Waals surface area contributed by atoms with E-state index in [0.29, 0.717) is 13.1 Å². The fraction of sp³-hybridized carbons (Fsp3) is 0.417. The van der Waals surface area contributed by atoms with Crippen LogP contribution in [0.4, 0.5) is 10.1 Å². The standard InChI is InChI=1S/C12H16FN3O3S/c1-20(18,19)16-6-4-15(5-7-16)12(17)10-3-2-9(13)8-11(10)14/h2-3,8H,4-7,14H2,1H3. The van der Waals surface area contributed by atoms with Crippen molar-refractivity contribution in [1.82, 2.24) is 9.21 Å². The summed E-state index contributed by atoms with van der Waals surface area (Å²) in [5, 5.41) is 0. The number of anilines is 1. The number of nitrogens with zero attached hydrogens (tertiary/aromatic N) is 2. The fourth-order valence-electron chi connectivity index (χ4n) is 2.12. The average molecular weight is 301 g/mol. The van der Waals surface area contributed by atoms with Crippen molar-refractivity contribution in [3.8, 4) is 0 Å². The Kier molecular flexibility index (Phi) is 3.96. The van der Waals surface area contributed by atoms with Crippen LogP contribution in [0.15, 0.2) is 18.2 Å². The van der Waals surface area contributed by atoms with Crippen molar-refractivity contribution in [2.24, 2.45) is 0 Å². The maximum atomic E-state index is 13.0. The Morgan fingerprint density at radius 1 is 1.25 bits per heavy atom. The van der Waals surface area contributed by atoms with E-state index in [2.05, 4.69) is 0 Å². The van der Waals surface area contributed by atoms with Crippen LogP contribution in [0.3, 0.4) is 0 Å². The predicted octanol–water partition coefficient (Wildman–Crippen LogP) is 0.125. The Labute approximate surface area is 117 Å². The first-order chi connectivity index (χ1) is 9.29. The van der Waals surface area contributed by atoms with Crippen LogP contribution in [-0.2, 0) is 10.0 Å². The molecule has 0 aliphatic carbocycles. The Morgan fingerprint density at radius 2 is 1.85 bits per heavy atom. The highest BCUT2D eigenvalue weighted by Crippen LogP contribution is 2.17. The summed E-state index contributed by atoms with van der Waals surface area (Å²) >= 11 is 0. The van der Waals surface area contributed by atoms with E-state index in [4.69, 9.17) is 5.73 Å². The van der Waals surface area contributed by atoms with Crippen molar-refractivity contribution < 1.29 is 17.6 Å². The summed E-state index contributed by atoms with van der Waals surface area (Å²) in [6.07, 6.45) is 1.14. The number of benzene rings is 1. The lowest BCUT2D eigenvalue weighted by Gasteiger charge is -2.33. The lowest BCUT2D eigenvalue weighted by molar-refractivity contribution is 0.0699. The van der Waals surface area contributed by atoms with Gasteiger partial charge in [-0.1, -0.05) is 0 Å². The average Bonchev–Trinajstić information content (AvgIpc) is 2.37. The third-order valence-electron chi connectivity index (χ3n) is 3.24. The Hall–Kier alpha value is -1.67. The van der Waals surface area contributed by atoms with Crippen LogP contribution in [0.1, 0.15) is 10.4 Å². The Balaban J connectivity index is 2.09. The minimum atomic E-state index is -3.23. The zero-order valence-corrected chi connectivity index (χ0v) is 11.9. The van der Waals surface area contributed by atoms with Gasteiger partial charge < -0.3 is 10.6 Å². The summed E-state index contributed by atoms with van der Waals surface area (Å²) in [5.41, 5.74) is 5.95. The molecule has 0 unspecified atom stereocenters. The summed E-state index contributed by atoms with van der Waals surface area (Å²) in [5.74, 6) is -0.809. The van der Waals surface area contributed by atoms with Crippen LogP contribution in [-0.4, -0.2) is 56.0 Å². The molecule has 0 atom stereocenters. The van der Waals surface area contributed by atoms with Gasteiger partial charge in [-0.2, -0.15) is 4.31 Å². The molecule has 6 nitrogen and oxygen atoms in total. The van der Waals surface area contributed by atoms with Gasteiger partial charge in [0.05, 0.1) is 11.8 Å². The molecule has 1 aliphatic rings. The first-order valence-corrected chi connectivity index (χ1v) is 7.93. The number of nitrogen functional groups attached to an aromatic ring is 1. The van der Waals surface area contributed by atoms with Crippen molar-refractivity contribution in [2.45, 2.75) is 0 Å². The monoisotopic (exact) mass is 301 g/mol. The highest BCUT2D eigenvalue weighted by atomic mass is 32.2. The minimum absolute atomic E-state index is 0.0838.